The number of nitrogen functional groups attached to an aromatic ring is 1. The van der Waals surface area contributed by atoms with Crippen LogP contribution in [0.15, 0.2) is 40.6 Å². The largest absolute Gasteiger partial charge is 0.398 e. The van der Waals surface area contributed by atoms with E-state index in [0.29, 0.717) is 5.75 Å². The van der Waals surface area contributed by atoms with Crippen molar-refractivity contribution in [1.82, 2.24) is 0 Å². The predicted octanol–water partition coefficient (Wildman–Crippen LogP) is 1.19. The van der Waals surface area contributed by atoms with Crippen molar-refractivity contribution in [1.29, 1.82) is 0 Å². The van der Waals surface area contributed by atoms with E-state index in [0.717, 1.165) is 4.90 Å². The molecule has 0 aliphatic heterocycles. The Morgan fingerprint density at radius 2 is 2.13 bits per heavy atom. The van der Waals surface area contributed by atoms with E-state index in [1.807, 2.05) is 0 Å². The van der Waals surface area contributed by atoms with Gasteiger partial charge in [-0.05, 0) is 18.2 Å². The molecule has 0 unspecified atom stereocenters. The Morgan fingerprint density at radius 1 is 1.47 bits per heavy atom. The van der Waals surface area contributed by atoms with Gasteiger partial charge in [0.25, 0.3) is 0 Å². The van der Waals surface area contributed by atoms with Crippen LogP contribution in [0.3, 0.4) is 0 Å². The fourth-order valence-electron chi connectivity index (χ4n) is 1.01. The van der Waals surface area contributed by atoms with Gasteiger partial charge >= 0.3 is 0 Å². The first-order chi connectivity index (χ1) is 6.95. The van der Waals surface area contributed by atoms with Gasteiger partial charge in [-0.1, -0.05) is 6.08 Å². The van der Waals surface area contributed by atoms with Gasteiger partial charge in [0.1, 0.15) is 4.90 Å². The molecule has 0 saturated carbocycles. The Hall–Kier alpha value is -0.980. The van der Waals surface area contributed by atoms with Gasteiger partial charge in [0, 0.05) is 10.6 Å². The minimum Gasteiger partial charge on any atom is -0.398 e. The summed E-state index contributed by atoms with van der Waals surface area (Å²) in [5, 5.41) is 5.02. The molecule has 0 bridgehead atoms. The number of nitrogens with two attached hydrogens (primary N) is 2. The quantitative estimate of drug-likeness (QED) is 0.473. The van der Waals surface area contributed by atoms with E-state index in [2.05, 4.69) is 6.58 Å². The first kappa shape index (κ1) is 12.1. The second-order valence-corrected chi connectivity index (χ2v) is 5.47. The van der Waals surface area contributed by atoms with Gasteiger partial charge in [-0.25, -0.2) is 13.6 Å². The lowest BCUT2D eigenvalue weighted by atomic mass is 10.3. The van der Waals surface area contributed by atoms with Gasteiger partial charge in [0.15, 0.2) is 0 Å². The third kappa shape index (κ3) is 3.26. The standard InChI is InChI=1S/C9H12N2O2S2/c1-2-5-14-7-3-4-8(10)9(6-7)15(11,12)13/h2-4,6H,1,5,10H2,(H2,11,12,13). The van der Waals surface area contributed by atoms with Gasteiger partial charge in [-0.2, -0.15) is 0 Å². The molecular formula is C9H12N2O2S2. The molecule has 1 aromatic carbocycles. The molecule has 0 saturated heterocycles. The molecule has 0 fully saturated rings. The van der Waals surface area contributed by atoms with Gasteiger partial charge in [-0.3, -0.25) is 0 Å². The van der Waals surface area contributed by atoms with E-state index < -0.39 is 10.0 Å². The molecule has 0 spiro atoms. The summed E-state index contributed by atoms with van der Waals surface area (Å²) in [6.45, 7) is 3.58. The van der Waals surface area contributed by atoms with Crippen LogP contribution in [0.2, 0.25) is 0 Å². The van der Waals surface area contributed by atoms with Crippen LogP contribution < -0.4 is 10.9 Å². The van der Waals surface area contributed by atoms with Gasteiger partial charge < -0.3 is 5.73 Å². The molecule has 1 rings (SSSR count). The summed E-state index contributed by atoms with van der Waals surface area (Å²) >= 11 is 1.47. The fourth-order valence-corrected chi connectivity index (χ4v) is 2.44. The van der Waals surface area contributed by atoms with Gasteiger partial charge in [0.05, 0.1) is 5.69 Å². The van der Waals surface area contributed by atoms with Crippen molar-refractivity contribution in [3.05, 3.63) is 30.9 Å². The van der Waals surface area contributed by atoms with E-state index in [1.54, 1.807) is 12.1 Å². The summed E-state index contributed by atoms with van der Waals surface area (Å²) in [6.07, 6.45) is 1.73. The van der Waals surface area contributed by atoms with E-state index in [1.165, 1.54) is 23.9 Å². The van der Waals surface area contributed by atoms with Crippen LogP contribution in [-0.2, 0) is 10.0 Å². The summed E-state index contributed by atoms with van der Waals surface area (Å²) < 4.78 is 22.3. The Bertz CT molecular complexity index is 469. The smallest absolute Gasteiger partial charge is 0.240 e. The second kappa shape index (κ2) is 4.69. The molecule has 0 aliphatic rings. The number of sulfonamides is 1. The molecule has 0 amide bonds. The van der Waals surface area contributed by atoms with Crippen molar-refractivity contribution < 1.29 is 8.42 Å². The van der Waals surface area contributed by atoms with Crippen LogP contribution in [0.5, 0.6) is 0 Å². The minimum atomic E-state index is -3.75. The molecule has 4 nitrogen and oxygen atoms in total. The maximum absolute atomic E-state index is 11.1. The average molecular weight is 244 g/mol. The van der Waals surface area contributed by atoms with E-state index >= 15 is 0 Å². The molecule has 0 aliphatic carbocycles. The zero-order chi connectivity index (χ0) is 11.5. The highest BCUT2D eigenvalue weighted by Crippen LogP contribution is 2.25. The minimum absolute atomic E-state index is 0.0310. The number of thioether (sulfide) groups is 1. The first-order valence-corrected chi connectivity index (χ1v) is 6.64. The van der Waals surface area contributed by atoms with Crippen LogP contribution in [0.4, 0.5) is 5.69 Å². The lowest BCUT2D eigenvalue weighted by molar-refractivity contribution is 0.598. The zero-order valence-corrected chi connectivity index (χ0v) is 9.64. The highest BCUT2D eigenvalue weighted by atomic mass is 32.2. The molecule has 1 aromatic rings. The monoisotopic (exact) mass is 244 g/mol. The molecular weight excluding hydrogens is 232 g/mol. The number of hydrogen-bond donors (Lipinski definition) is 2. The van der Waals surface area contributed by atoms with Crippen LogP contribution in [0.1, 0.15) is 0 Å². The molecule has 6 heteroatoms. The SMILES string of the molecule is C=CCSc1ccc(N)c(S(N)(=O)=O)c1. The second-order valence-electron chi connectivity index (χ2n) is 2.84. The summed E-state index contributed by atoms with van der Waals surface area (Å²) in [6, 6.07) is 4.75. The molecule has 15 heavy (non-hydrogen) atoms. The van der Waals surface area contributed by atoms with Gasteiger partial charge in [0.2, 0.25) is 10.0 Å². The van der Waals surface area contributed by atoms with E-state index in [-0.39, 0.29) is 10.6 Å². The van der Waals surface area contributed by atoms with Crippen molar-refractivity contribution >= 4 is 27.5 Å². The summed E-state index contributed by atoms with van der Waals surface area (Å²) in [5.74, 6) is 0.702. The van der Waals surface area contributed by atoms with Crippen molar-refractivity contribution in [3.63, 3.8) is 0 Å². The van der Waals surface area contributed by atoms with Crippen LogP contribution in [0.25, 0.3) is 0 Å². The predicted molar refractivity (Wildman–Crippen MR) is 63.1 cm³/mol. The highest BCUT2D eigenvalue weighted by molar-refractivity contribution is 7.99. The number of primary sulfonamides is 1. The molecule has 82 valence electrons. The number of anilines is 1. The van der Waals surface area contributed by atoms with Crippen molar-refractivity contribution in [2.75, 3.05) is 11.5 Å². The van der Waals surface area contributed by atoms with Crippen molar-refractivity contribution in [2.24, 2.45) is 5.14 Å². The van der Waals surface area contributed by atoms with Crippen molar-refractivity contribution in [2.45, 2.75) is 9.79 Å². The third-order valence-corrected chi connectivity index (χ3v) is 3.62. The van der Waals surface area contributed by atoms with E-state index in [4.69, 9.17) is 10.9 Å². The maximum Gasteiger partial charge on any atom is 0.240 e. The fraction of sp³-hybridized carbons (Fsp3) is 0.111. The maximum atomic E-state index is 11.1. The molecule has 0 aromatic heterocycles. The lowest BCUT2D eigenvalue weighted by Gasteiger charge is -2.05. The Balaban J connectivity index is 3.11. The summed E-state index contributed by atoms with van der Waals surface area (Å²) in [4.78, 5) is 0.768. The summed E-state index contributed by atoms with van der Waals surface area (Å²) in [5.41, 5.74) is 5.68. The molecule has 0 radical (unpaired) electrons. The first-order valence-electron chi connectivity index (χ1n) is 4.11. The summed E-state index contributed by atoms with van der Waals surface area (Å²) in [7, 11) is -3.75. The highest BCUT2D eigenvalue weighted by Gasteiger charge is 2.12. The Kier molecular flexibility index (Phi) is 3.78. The molecule has 4 N–H and O–H groups in total. The normalized spacial score (nSPS) is 11.3. The molecule has 0 heterocycles. The zero-order valence-electron chi connectivity index (χ0n) is 8.01. The van der Waals surface area contributed by atoms with Gasteiger partial charge in [-0.15, -0.1) is 18.3 Å². The lowest BCUT2D eigenvalue weighted by Crippen LogP contribution is -2.14. The Morgan fingerprint density at radius 3 is 2.67 bits per heavy atom. The van der Waals surface area contributed by atoms with Crippen molar-refractivity contribution in [3.8, 4) is 0 Å². The number of rotatable bonds is 4. The molecule has 0 atom stereocenters. The average Bonchev–Trinajstić information content (AvgIpc) is 2.15. The topological polar surface area (TPSA) is 86.2 Å². The number of hydrogen-bond acceptors (Lipinski definition) is 4. The van der Waals surface area contributed by atoms with Crippen LogP contribution in [-0.4, -0.2) is 14.2 Å². The third-order valence-electron chi connectivity index (χ3n) is 1.66. The van der Waals surface area contributed by atoms with E-state index in [9.17, 15) is 8.42 Å². The number of benzene rings is 1. The van der Waals surface area contributed by atoms with Crippen LogP contribution in [0, 0.1) is 0 Å². The Labute approximate surface area is 93.4 Å². The van der Waals surface area contributed by atoms with Crippen LogP contribution >= 0.6 is 11.8 Å².